The van der Waals surface area contributed by atoms with Gasteiger partial charge >= 0.3 is 11.9 Å². The molecular formula is C61H120O5. The number of hydrogen-bond acceptors (Lipinski definition) is 5. The molecule has 0 unspecified atom stereocenters. The van der Waals surface area contributed by atoms with E-state index >= 15 is 0 Å². The highest BCUT2D eigenvalue weighted by atomic mass is 16.6. The summed E-state index contributed by atoms with van der Waals surface area (Å²) in [6.45, 7) is 7.93. The molecular weight excluding hydrogens is 813 g/mol. The van der Waals surface area contributed by atoms with E-state index in [0.29, 0.717) is 26.1 Å². The van der Waals surface area contributed by atoms with Crippen molar-refractivity contribution in [2.45, 2.75) is 361 Å². The van der Waals surface area contributed by atoms with Gasteiger partial charge in [-0.1, -0.05) is 323 Å². The van der Waals surface area contributed by atoms with Crippen molar-refractivity contribution in [1.29, 1.82) is 0 Å². The second kappa shape index (κ2) is 58.2. The molecule has 0 spiro atoms. The molecule has 66 heavy (non-hydrogen) atoms. The molecule has 0 amide bonds. The van der Waals surface area contributed by atoms with Crippen molar-refractivity contribution in [3.05, 3.63) is 0 Å². The third-order valence-electron chi connectivity index (χ3n) is 14.1. The number of carbonyl (C=O) groups excluding carboxylic acids is 2. The van der Waals surface area contributed by atoms with Gasteiger partial charge in [0.05, 0.1) is 6.61 Å². The Labute approximate surface area is 414 Å². The van der Waals surface area contributed by atoms with Gasteiger partial charge < -0.3 is 14.2 Å². The van der Waals surface area contributed by atoms with Crippen LogP contribution in [0.2, 0.25) is 0 Å². The lowest BCUT2D eigenvalue weighted by Crippen LogP contribution is -2.30. The van der Waals surface area contributed by atoms with E-state index in [1.807, 2.05) is 0 Å². The summed E-state index contributed by atoms with van der Waals surface area (Å²) >= 11 is 0. The summed E-state index contributed by atoms with van der Waals surface area (Å²) in [4.78, 5) is 25.5. The van der Waals surface area contributed by atoms with E-state index in [1.165, 1.54) is 289 Å². The van der Waals surface area contributed by atoms with Gasteiger partial charge in [-0.25, -0.2) is 0 Å². The maximum atomic E-state index is 12.9. The highest BCUT2D eigenvalue weighted by Gasteiger charge is 2.18. The molecule has 0 aromatic rings. The normalized spacial score (nSPS) is 12.0. The zero-order chi connectivity index (χ0) is 47.7. The molecule has 0 aliphatic rings. The fourth-order valence-electron chi connectivity index (χ4n) is 9.57. The second-order valence-electron chi connectivity index (χ2n) is 21.0. The van der Waals surface area contributed by atoms with Crippen molar-refractivity contribution in [3.63, 3.8) is 0 Å². The molecule has 0 fully saturated rings. The molecule has 5 heteroatoms. The predicted octanol–water partition coefficient (Wildman–Crippen LogP) is 20.8. The molecule has 0 radical (unpaired) electrons. The van der Waals surface area contributed by atoms with E-state index in [0.717, 1.165) is 32.1 Å². The average molecular weight is 934 g/mol. The van der Waals surface area contributed by atoms with Crippen LogP contribution in [0.3, 0.4) is 0 Å². The fraction of sp³-hybridized carbons (Fsp3) is 0.967. The monoisotopic (exact) mass is 933 g/mol. The first-order valence-corrected chi connectivity index (χ1v) is 30.6. The van der Waals surface area contributed by atoms with Crippen molar-refractivity contribution in [2.75, 3.05) is 19.8 Å². The summed E-state index contributed by atoms with van der Waals surface area (Å²) in [5, 5.41) is 0. The van der Waals surface area contributed by atoms with Crippen LogP contribution in [-0.2, 0) is 23.8 Å². The Bertz CT molecular complexity index is 921. The summed E-state index contributed by atoms with van der Waals surface area (Å²) in [6.07, 6.45) is 67.0. The van der Waals surface area contributed by atoms with Gasteiger partial charge in [-0.2, -0.15) is 0 Å². The lowest BCUT2D eigenvalue weighted by molar-refractivity contribution is -0.163. The molecule has 0 aliphatic carbocycles. The molecule has 0 aliphatic heterocycles. The Morgan fingerprint density at radius 3 is 0.773 bits per heavy atom. The smallest absolute Gasteiger partial charge is 0.306 e. The van der Waals surface area contributed by atoms with E-state index in [4.69, 9.17) is 14.2 Å². The molecule has 1 atom stereocenters. The van der Waals surface area contributed by atoms with Crippen LogP contribution in [-0.4, -0.2) is 37.9 Å². The third-order valence-corrected chi connectivity index (χ3v) is 14.1. The number of ether oxygens (including phenoxy) is 3. The van der Waals surface area contributed by atoms with Gasteiger partial charge in [0.1, 0.15) is 6.61 Å². The maximum Gasteiger partial charge on any atom is 0.306 e. The van der Waals surface area contributed by atoms with Gasteiger partial charge in [-0.05, 0) is 19.3 Å². The molecule has 394 valence electrons. The van der Waals surface area contributed by atoms with Gasteiger partial charge in [0, 0.05) is 19.4 Å². The van der Waals surface area contributed by atoms with Crippen LogP contribution >= 0.6 is 0 Å². The van der Waals surface area contributed by atoms with E-state index in [1.54, 1.807) is 0 Å². The zero-order valence-corrected chi connectivity index (χ0v) is 45.5. The zero-order valence-electron chi connectivity index (χ0n) is 45.5. The summed E-state index contributed by atoms with van der Waals surface area (Å²) in [5.41, 5.74) is 0. The minimum absolute atomic E-state index is 0.0985. The standard InChI is InChI=1S/C61H120O5/c1-4-7-10-13-16-19-22-25-27-29-30-31-32-33-34-37-40-43-46-49-52-55-61(63)66-59(58-65-60(62)54-51-48-45-42-39-36-24-21-18-15-12-9-6-3)57-64-56-53-50-47-44-41-38-35-28-26-23-20-17-14-11-8-5-2/h59H,4-58H2,1-3H3/t59-/m1/s1. The molecule has 0 saturated carbocycles. The minimum atomic E-state index is -0.524. The summed E-state index contributed by atoms with van der Waals surface area (Å²) in [7, 11) is 0. The van der Waals surface area contributed by atoms with Crippen molar-refractivity contribution < 1.29 is 23.8 Å². The number of unbranched alkanes of at least 4 members (excludes halogenated alkanes) is 47. The summed E-state index contributed by atoms with van der Waals surface area (Å²) < 4.78 is 17.5. The number of esters is 2. The molecule has 0 rings (SSSR count). The molecule has 0 saturated heterocycles. The van der Waals surface area contributed by atoms with Gasteiger partial charge in [-0.15, -0.1) is 0 Å². The predicted molar refractivity (Wildman–Crippen MR) is 289 cm³/mol. The van der Waals surface area contributed by atoms with Crippen LogP contribution in [0.4, 0.5) is 0 Å². The van der Waals surface area contributed by atoms with Crippen molar-refractivity contribution in [3.8, 4) is 0 Å². The first-order valence-electron chi connectivity index (χ1n) is 30.6. The van der Waals surface area contributed by atoms with Crippen molar-refractivity contribution in [2.24, 2.45) is 0 Å². The maximum absolute atomic E-state index is 12.9. The number of carbonyl (C=O) groups is 2. The highest BCUT2D eigenvalue weighted by molar-refractivity contribution is 5.70. The molecule has 0 aromatic heterocycles. The van der Waals surface area contributed by atoms with Crippen LogP contribution in [0, 0.1) is 0 Å². The topological polar surface area (TPSA) is 61.8 Å². The largest absolute Gasteiger partial charge is 0.462 e. The third kappa shape index (κ3) is 55.5. The van der Waals surface area contributed by atoms with Crippen LogP contribution in [0.1, 0.15) is 355 Å². The van der Waals surface area contributed by atoms with Crippen molar-refractivity contribution in [1.82, 2.24) is 0 Å². The van der Waals surface area contributed by atoms with E-state index in [-0.39, 0.29) is 18.5 Å². The van der Waals surface area contributed by atoms with Crippen LogP contribution in [0.5, 0.6) is 0 Å². The van der Waals surface area contributed by atoms with Crippen LogP contribution < -0.4 is 0 Å². The van der Waals surface area contributed by atoms with Crippen molar-refractivity contribution >= 4 is 11.9 Å². The molecule has 0 heterocycles. The Kier molecular flexibility index (Phi) is 57.2. The molecule has 0 N–H and O–H groups in total. The van der Waals surface area contributed by atoms with Gasteiger partial charge in [0.15, 0.2) is 6.10 Å². The molecule has 0 aromatic carbocycles. The fourth-order valence-corrected chi connectivity index (χ4v) is 9.57. The Balaban J connectivity index is 4.14. The second-order valence-corrected chi connectivity index (χ2v) is 21.0. The highest BCUT2D eigenvalue weighted by Crippen LogP contribution is 2.18. The molecule has 5 nitrogen and oxygen atoms in total. The van der Waals surface area contributed by atoms with Gasteiger partial charge in [0.25, 0.3) is 0 Å². The lowest BCUT2D eigenvalue weighted by atomic mass is 10.0. The number of hydrogen-bond donors (Lipinski definition) is 0. The SMILES string of the molecule is CCCCCCCCCCCCCCCCCCCCCCCC(=O)O[C@H](COCCCCCCCCCCCCCCCCCC)COC(=O)CCCCCCCCCCCCCCC. The van der Waals surface area contributed by atoms with E-state index in [9.17, 15) is 9.59 Å². The number of rotatable bonds is 58. The van der Waals surface area contributed by atoms with E-state index in [2.05, 4.69) is 20.8 Å². The first kappa shape index (κ1) is 64.9. The quantitative estimate of drug-likeness (QED) is 0.0449. The van der Waals surface area contributed by atoms with Crippen LogP contribution in [0.15, 0.2) is 0 Å². The average Bonchev–Trinajstić information content (AvgIpc) is 3.32. The van der Waals surface area contributed by atoms with E-state index < -0.39 is 6.10 Å². The van der Waals surface area contributed by atoms with Gasteiger partial charge in [0.2, 0.25) is 0 Å². The summed E-state index contributed by atoms with van der Waals surface area (Å²) in [6, 6.07) is 0. The lowest BCUT2D eigenvalue weighted by Gasteiger charge is -2.18. The van der Waals surface area contributed by atoms with Gasteiger partial charge in [-0.3, -0.25) is 9.59 Å². The first-order chi connectivity index (χ1) is 32.6. The Morgan fingerprint density at radius 1 is 0.273 bits per heavy atom. The minimum Gasteiger partial charge on any atom is -0.462 e. The van der Waals surface area contributed by atoms with Crippen LogP contribution in [0.25, 0.3) is 0 Å². The Morgan fingerprint density at radius 2 is 0.500 bits per heavy atom. The Hall–Kier alpha value is -1.10. The summed E-state index contributed by atoms with van der Waals surface area (Å²) in [5.74, 6) is -0.363. The molecule has 0 bridgehead atoms.